The van der Waals surface area contributed by atoms with E-state index in [-0.39, 0.29) is 5.41 Å². The van der Waals surface area contributed by atoms with Gasteiger partial charge in [0.05, 0.1) is 27.4 Å². The molecule has 4 heteroatoms. The van der Waals surface area contributed by atoms with Crippen molar-refractivity contribution in [2.75, 3.05) is 27.9 Å². The van der Waals surface area contributed by atoms with Crippen LogP contribution < -0.4 is 9.47 Å². The molecular formula is C23H31NO3. The zero-order valence-corrected chi connectivity index (χ0v) is 17.3. The Bertz CT molecular complexity index is 795. The van der Waals surface area contributed by atoms with Crippen molar-refractivity contribution in [3.8, 4) is 22.6 Å². The van der Waals surface area contributed by atoms with Gasteiger partial charge in [0.1, 0.15) is 0 Å². The summed E-state index contributed by atoms with van der Waals surface area (Å²) < 4.78 is 17.3. The molecule has 0 spiro atoms. The van der Waals surface area contributed by atoms with E-state index in [0.717, 1.165) is 18.0 Å². The maximum Gasteiger partial charge on any atom is 0.161 e. The lowest BCUT2D eigenvalue weighted by Crippen LogP contribution is -2.44. The zero-order valence-electron chi connectivity index (χ0n) is 17.3. The molecule has 27 heavy (non-hydrogen) atoms. The first-order valence-electron chi connectivity index (χ1n) is 9.46. The predicted octanol–water partition coefficient (Wildman–Crippen LogP) is 4.75. The summed E-state index contributed by atoms with van der Waals surface area (Å²) >= 11 is 0. The highest BCUT2D eigenvalue weighted by molar-refractivity contribution is 5.74. The average Bonchev–Trinajstić information content (AvgIpc) is 2.63. The zero-order chi connectivity index (χ0) is 19.6. The van der Waals surface area contributed by atoms with E-state index in [1.165, 1.54) is 22.3 Å². The van der Waals surface area contributed by atoms with Gasteiger partial charge in [-0.05, 0) is 46.8 Å². The third kappa shape index (κ3) is 4.12. The summed E-state index contributed by atoms with van der Waals surface area (Å²) in [6, 6.07) is 13.0. The molecule has 0 N–H and O–H groups in total. The molecule has 1 aliphatic heterocycles. The molecule has 1 heterocycles. The summed E-state index contributed by atoms with van der Waals surface area (Å²) in [5, 5.41) is 0. The van der Waals surface area contributed by atoms with E-state index in [9.17, 15) is 0 Å². The van der Waals surface area contributed by atoms with Gasteiger partial charge in [0, 0.05) is 12.6 Å². The first-order valence-corrected chi connectivity index (χ1v) is 9.46. The number of methoxy groups -OCH3 is 2. The highest BCUT2D eigenvalue weighted by atomic mass is 16.5. The summed E-state index contributed by atoms with van der Waals surface area (Å²) in [6.45, 7) is 8.93. The second-order valence-electron chi connectivity index (χ2n) is 8.33. The van der Waals surface area contributed by atoms with Gasteiger partial charge in [-0.25, -0.2) is 0 Å². The van der Waals surface area contributed by atoms with E-state index < -0.39 is 0 Å². The Morgan fingerprint density at radius 1 is 0.963 bits per heavy atom. The molecule has 0 aliphatic carbocycles. The van der Waals surface area contributed by atoms with Crippen LogP contribution >= 0.6 is 0 Å². The standard InChI is InChI=1S/C23H31NO3/c1-23(2,3)22-15-27-14-16-9-7-8-10-18(16)19-12-21(26-6)20(25-5)11-17(19)13-24(22)4/h7-12,22H,13-15H2,1-6H3/t22-/m1/s1. The van der Waals surface area contributed by atoms with Crippen molar-refractivity contribution in [1.29, 1.82) is 0 Å². The molecule has 2 aromatic rings. The van der Waals surface area contributed by atoms with E-state index in [0.29, 0.717) is 19.3 Å². The number of likely N-dealkylation sites (N-methyl/N-ethyl adjacent to an activating group) is 1. The molecule has 2 aromatic carbocycles. The van der Waals surface area contributed by atoms with Gasteiger partial charge in [-0.15, -0.1) is 0 Å². The lowest BCUT2D eigenvalue weighted by atomic mass is 9.85. The summed E-state index contributed by atoms with van der Waals surface area (Å²) in [5.74, 6) is 1.52. The van der Waals surface area contributed by atoms with Crippen LogP contribution in [0.5, 0.6) is 11.5 Å². The minimum Gasteiger partial charge on any atom is -0.493 e. The largest absolute Gasteiger partial charge is 0.493 e. The van der Waals surface area contributed by atoms with Crippen molar-refractivity contribution in [2.24, 2.45) is 5.41 Å². The van der Waals surface area contributed by atoms with Crippen molar-refractivity contribution in [3.63, 3.8) is 0 Å². The molecule has 0 aromatic heterocycles. The Hall–Kier alpha value is -2.04. The summed E-state index contributed by atoms with van der Waals surface area (Å²) in [5.41, 5.74) is 4.91. The number of fused-ring (bicyclic) bond motifs is 3. The Balaban J connectivity index is 2.17. The number of rotatable bonds is 2. The third-order valence-corrected chi connectivity index (χ3v) is 5.40. The Morgan fingerprint density at radius 2 is 1.63 bits per heavy atom. The predicted molar refractivity (Wildman–Crippen MR) is 109 cm³/mol. The second-order valence-corrected chi connectivity index (χ2v) is 8.33. The lowest BCUT2D eigenvalue weighted by Gasteiger charge is -2.39. The van der Waals surface area contributed by atoms with Crippen LogP contribution in [0.2, 0.25) is 0 Å². The van der Waals surface area contributed by atoms with Crippen LogP contribution in [0.15, 0.2) is 36.4 Å². The van der Waals surface area contributed by atoms with Crippen LogP contribution in [0.1, 0.15) is 31.9 Å². The molecule has 0 saturated carbocycles. The molecule has 0 fully saturated rings. The molecule has 0 unspecified atom stereocenters. The van der Waals surface area contributed by atoms with Gasteiger partial charge in [0.2, 0.25) is 0 Å². The van der Waals surface area contributed by atoms with E-state index in [1.54, 1.807) is 14.2 Å². The number of benzene rings is 2. The third-order valence-electron chi connectivity index (χ3n) is 5.40. The minimum atomic E-state index is 0.115. The van der Waals surface area contributed by atoms with Crippen LogP contribution in [0.4, 0.5) is 0 Å². The average molecular weight is 370 g/mol. The van der Waals surface area contributed by atoms with Gasteiger partial charge in [0.15, 0.2) is 11.5 Å². The fraction of sp³-hybridized carbons (Fsp3) is 0.478. The van der Waals surface area contributed by atoms with Crippen LogP contribution in [-0.2, 0) is 17.9 Å². The first kappa shape index (κ1) is 19.7. The Kier molecular flexibility index (Phi) is 5.78. The summed E-state index contributed by atoms with van der Waals surface area (Å²) in [6.07, 6.45) is 0. The number of nitrogens with zero attached hydrogens (tertiary/aromatic N) is 1. The van der Waals surface area contributed by atoms with Gasteiger partial charge in [-0.3, -0.25) is 4.90 Å². The van der Waals surface area contributed by atoms with Crippen LogP contribution in [0, 0.1) is 5.41 Å². The molecule has 1 atom stereocenters. The number of hydrogen-bond donors (Lipinski definition) is 0. The van der Waals surface area contributed by atoms with Crippen molar-refractivity contribution >= 4 is 0 Å². The lowest BCUT2D eigenvalue weighted by molar-refractivity contribution is 0.0102. The maximum absolute atomic E-state index is 6.16. The van der Waals surface area contributed by atoms with Crippen molar-refractivity contribution in [1.82, 2.24) is 4.90 Å². The van der Waals surface area contributed by atoms with Gasteiger partial charge < -0.3 is 14.2 Å². The quantitative estimate of drug-likeness (QED) is 0.764. The first-order chi connectivity index (χ1) is 12.8. The van der Waals surface area contributed by atoms with Crippen molar-refractivity contribution in [2.45, 2.75) is 40.0 Å². The molecule has 146 valence electrons. The van der Waals surface area contributed by atoms with Crippen molar-refractivity contribution < 1.29 is 14.2 Å². The fourth-order valence-electron chi connectivity index (χ4n) is 3.91. The van der Waals surface area contributed by atoms with E-state index in [1.807, 2.05) is 0 Å². The van der Waals surface area contributed by atoms with E-state index in [2.05, 4.69) is 69.1 Å². The molecule has 0 radical (unpaired) electrons. The smallest absolute Gasteiger partial charge is 0.161 e. The number of hydrogen-bond acceptors (Lipinski definition) is 4. The van der Waals surface area contributed by atoms with Gasteiger partial charge in [-0.1, -0.05) is 45.0 Å². The Labute approximate surface area is 163 Å². The Morgan fingerprint density at radius 3 is 2.30 bits per heavy atom. The topological polar surface area (TPSA) is 30.9 Å². The van der Waals surface area contributed by atoms with Crippen LogP contribution in [-0.4, -0.2) is 38.8 Å². The summed E-state index contributed by atoms with van der Waals surface area (Å²) in [4.78, 5) is 2.39. The monoisotopic (exact) mass is 369 g/mol. The summed E-state index contributed by atoms with van der Waals surface area (Å²) in [7, 11) is 5.54. The van der Waals surface area contributed by atoms with Crippen LogP contribution in [0.3, 0.4) is 0 Å². The molecule has 0 saturated heterocycles. The highest BCUT2D eigenvalue weighted by Crippen LogP contribution is 2.39. The second kappa shape index (κ2) is 7.91. The number of ether oxygens (including phenoxy) is 3. The normalized spacial score (nSPS) is 18.4. The van der Waals surface area contributed by atoms with Crippen LogP contribution in [0.25, 0.3) is 11.1 Å². The van der Waals surface area contributed by atoms with E-state index >= 15 is 0 Å². The van der Waals surface area contributed by atoms with E-state index in [4.69, 9.17) is 14.2 Å². The molecule has 3 rings (SSSR count). The molecule has 1 aliphatic rings. The van der Waals surface area contributed by atoms with Crippen molar-refractivity contribution in [3.05, 3.63) is 47.5 Å². The maximum atomic E-state index is 6.16. The van der Waals surface area contributed by atoms with Gasteiger partial charge >= 0.3 is 0 Å². The molecule has 0 bridgehead atoms. The minimum absolute atomic E-state index is 0.115. The highest BCUT2D eigenvalue weighted by Gasteiger charge is 2.30. The fourth-order valence-corrected chi connectivity index (χ4v) is 3.91. The molecule has 4 nitrogen and oxygen atoms in total. The van der Waals surface area contributed by atoms with Gasteiger partial charge in [-0.2, -0.15) is 0 Å². The SMILES string of the molecule is COc1cc2c(cc1OC)-c1ccccc1COC[C@H](C(C)(C)C)N(C)C2. The van der Waals surface area contributed by atoms with Gasteiger partial charge in [0.25, 0.3) is 0 Å². The molecule has 0 amide bonds. The molecular weight excluding hydrogens is 338 g/mol.